The Morgan fingerprint density at radius 3 is 2.56 bits per heavy atom. The molecule has 0 spiro atoms. The monoisotopic (exact) mass is 436 g/mol. The number of ether oxygens (including phenoxy) is 1. The van der Waals surface area contributed by atoms with E-state index in [0.717, 1.165) is 31.2 Å². The number of hydrogen-bond acceptors (Lipinski definition) is 5. The molecule has 0 unspecified atom stereocenters. The van der Waals surface area contributed by atoms with Crippen LogP contribution in [-0.4, -0.2) is 44.9 Å². The molecule has 1 aromatic heterocycles. The van der Waals surface area contributed by atoms with Crippen LogP contribution in [0.3, 0.4) is 0 Å². The van der Waals surface area contributed by atoms with Crippen LogP contribution in [0.4, 0.5) is 0 Å². The third kappa shape index (κ3) is 4.61. The SMILES string of the molecule is Cc1ncc(C(=O)NC2CC2)c([C@@H]2CCCN2C(=O)C(C)(C)Oc2ccc(C)c(C)c2)n1. The van der Waals surface area contributed by atoms with Crippen LogP contribution in [0.15, 0.2) is 24.4 Å². The summed E-state index contributed by atoms with van der Waals surface area (Å²) in [5, 5.41) is 3.02. The Morgan fingerprint density at radius 2 is 1.88 bits per heavy atom. The number of aryl methyl sites for hydroxylation is 3. The van der Waals surface area contributed by atoms with E-state index in [1.807, 2.05) is 36.9 Å². The summed E-state index contributed by atoms with van der Waals surface area (Å²) >= 11 is 0. The molecule has 7 nitrogen and oxygen atoms in total. The number of aromatic nitrogens is 2. The topological polar surface area (TPSA) is 84.4 Å². The molecule has 0 radical (unpaired) electrons. The van der Waals surface area contributed by atoms with Crippen molar-refractivity contribution in [2.24, 2.45) is 0 Å². The molecule has 32 heavy (non-hydrogen) atoms. The van der Waals surface area contributed by atoms with E-state index in [-0.39, 0.29) is 23.9 Å². The van der Waals surface area contributed by atoms with Gasteiger partial charge in [-0.15, -0.1) is 0 Å². The third-order valence-electron chi connectivity index (χ3n) is 6.29. The van der Waals surface area contributed by atoms with E-state index in [9.17, 15) is 9.59 Å². The van der Waals surface area contributed by atoms with Gasteiger partial charge in [-0.25, -0.2) is 9.97 Å². The highest BCUT2D eigenvalue weighted by molar-refractivity contribution is 5.96. The highest BCUT2D eigenvalue weighted by atomic mass is 16.5. The second kappa shape index (κ2) is 8.52. The predicted octanol–water partition coefficient (Wildman–Crippen LogP) is 3.82. The van der Waals surface area contributed by atoms with Crippen LogP contribution in [0.1, 0.15) is 78.6 Å². The van der Waals surface area contributed by atoms with Crippen LogP contribution in [0.5, 0.6) is 5.75 Å². The molecular formula is C25H32N4O3. The van der Waals surface area contributed by atoms with Crippen molar-refractivity contribution in [3.8, 4) is 5.75 Å². The molecule has 2 aromatic rings. The molecule has 0 bridgehead atoms. The molecular weight excluding hydrogens is 404 g/mol. The maximum Gasteiger partial charge on any atom is 0.266 e. The lowest BCUT2D eigenvalue weighted by molar-refractivity contribution is -0.146. The van der Waals surface area contributed by atoms with Gasteiger partial charge in [-0.3, -0.25) is 9.59 Å². The van der Waals surface area contributed by atoms with Gasteiger partial charge in [0.1, 0.15) is 11.6 Å². The van der Waals surface area contributed by atoms with Crippen LogP contribution in [0.25, 0.3) is 0 Å². The van der Waals surface area contributed by atoms with Crippen LogP contribution in [0, 0.1) is 20.8 Å². The molecule has 1 saturated carbocycles. The molecule has 7 heteroatoms. The van der Waals surface area contributed by atoms with Gasteiger partial charge in [-0.1, -0.05) is 6.07 Å². The Kier molecular flexibility index (Phi) is 5.93. The smallest absolute Gasteiger partial charge is 0.266 e. The first-order valence-corrected chi connectivity index (χ1v) is 11.4. The molecule has 1 saturated heterocycles. The molecule has 1 atom stereocenters. The molecule has 2 amide bonds. The van der Waals surface area contributed by atoms with Crippen LogP contribution in [-0.2, 0) is 4.79 Å². The number of hydrogen-bond donors (Lipinski definition) is 1. The fraction of sp³-hybridized carbons (Fsp3) is 0.520. The van der Waals surface area contributed by atoms with Crippen molar-refractivity contribution in [2.45, 2.75) is 78.0 Å². The van der Waals surface area contributed by atoms with Gasteiger partial charge in [0.15, 0.2) is 5.60 Å². The first-order valence-electron chi connectivity index (χ1n) is 11.4. The van der Waals surface area contributed by atoms with E-state index < -0.39 is 5.60 Å². The van der Waals surface area contributed by atoms with Gasteiger partial charge < -0.3 is 15.0 Å². The summed E-state index contributed by atoms with van der Waals surface area (Å²) in [5.41, 5.74) is 2.33. The number of rotatable bonds is 6. The Balaban J connectivity index is 1.59. The van der Waals surface area contributed by atoms with E-state index in [1.165, 1.54) is 5.56 Å². The zero-order valence-corrected chi connectivity index (χ0v) is 19.6. The Labute approximate surface area is 189 Å². The maximum absolute atomic E-state index is 13.6. The summed E-state index contributed by atoms with van der Waals surface area (Å²) in [7, 11) is 0. The highest BCUT2D eigenvalue weighted by Gasteiger charge is 2.42. The Hall–Kier alpha value is -2.96. The van der Waals surface area contributed by atoms with Gasteiger partial charge in [0.25, 0.3) is 11.8 Å². The number of carbonyl (C=O) groups is 2. The predicted molar refractivity (Wildman–Crippen MR) is 122 cm³/mol. The van der Waals surface area contributed by atoms with Crippen molar-refractivity contribution in [2.75, 3.05) is 6.54 Å². The molecule has 1 N–H and O–H groups in total. The second-order valence-corrected chi connectivity index (χ2v) is 9.48. The standard InChI is InChI=1S/C25H32N4O3/c1-15-8-11-19(13-16(15)2)32-25(4,5)24(31)29-12-6-7-21(29)22-20(14-26-17(3)27-22)23(30)28-18-9-10-18/h8,11,13-14,18,21H,6-7,9-10,12H2,1-5H3,(H,28,30)/t21-/m0/s1. The maximum atomic E-state index is 13.6. The molecule has 2 heterocycles. The van der Waals surface area contributed by atoms with Gasteiger partial charge in [-0.05, 0) is 83.6 Å². The minimum Gasteiger partial charge on any atom is -0.478 e. The lowest BCUT2D eigenvalue weighted by Crippen LogP contribution is -2.49. The molecule has 4 rings (SSSR count). The summed E-state index contributed by atoms with van der Waals surface area (Å²) in [4.78, 5) is 37.1. The summed E-state index contributed by atoms with van der Waals surface area (Å²) in [6.07, 6.45) is 5.21. The summed E-state index contributed by atoms with van der Waals surface area (Å²) in [6.45, 7) is 10.1. The van der Waals surface area contributed by atoms with Gasteiger partial charge in [0.05, 0.1) is 17.3 Å². The third-order valence-corrected chi connectivity index (χ3v) is 6.29. The minimum absolute atomic E-state index is 0.108. The normalized spacial score (nSPS) is 18.5. The van der Waals surface area contributed by atoms with Gasteiger partial charge >= 0.3 is 0 Å². The van der Waals surface area contributed by atoms with Crippen molar-refractivity contribution in [3.05, 3.63) is 52.6 Å². The molecule has 1 aliphatic carbocycles. The van der Waals surface area contributed by atoms with Crippen molar-refractivity contribution < 1.29 is 14.3 Å². The lowest BCUT2D eigenvalue weighted by atomic mass is 10.0. The Morgan fingerprint density at radius 1 is 1.12 bits per heavy atom. The number of nitrogens with one attached hydrogen (secondary N) is 1. The average Bonchev–Trinajstić information content (AvgIpc) is 3.41. The summed E-state index contributed by atoms with van der Waals surface area (Å²) in [5.74, 6) is 0.993. The van der Waals surface area contributed by atoms with Crippen molar-refractivity contribution in [1.29, 1.82) is 0 Å². The zero-order chi connectivity index (χ0) is 23.0. The second-order valence-electron chi connectivity index (χ2n) is 9.48. The van der Waals surface area contributed by atoms with Gasteiger partial charge in [0, 0.05) is 18.8 Å². The van der Waals surface area contributed by atoms with Crippen LogP contribution >= 0.6 is 0 Å². The fourth-order valence-corrected chi connectivity index (χ4v) is 4.16. The minimum atomic E-state index is -1.05. The molecule has 170 valence electrons. The van der Waals surface area contributed by atoms with Gasteiger partial charge in [-0.2, -0.15) is 0 Å². The summed E-state index contributed by atoms with van der Waals surface area (Å²) < 4.78 is 6.16. The van der Waals surface area contributed by atoms with Crippen LogP contribution < -0.4 is 10.1 Å². The van der Waals surface area contributed by atoms with E-state index >= 15 is 0 Å². The first-order chi connectivity index (χ1) is 15.2. The number of likely N-dealkylation sites (tertiary alicyclic amines) is 1. The van der Waals surface area contributed by atoms with Crippen molar-refractivity contribution >= 4 is 11.8 Å². The number of amides is 2. The van der Waals surface area contributed by atoms with E-state index in [4.69, 9.17) is 4.74 Å². The highest BCUT2D eigenvalue weighted by Crippen LogP contribution is 2.35. The fourth-order valence-electron chi connectivity index (χ4n) is 4.16. The Bertz CT molecular complexity index is 1050. The number of benzene rings is 1. The lowest BCUT2D eigenvalue weighted by Gasteiger charge is -2.34. The number of nitrogens with zero attached hydrogens (tertiary/aromatic N) is 3. The van der Waals surface area contributed by atoms with E-state index in [0.29, 0.717) is 29.4 Å². The first kappa shape index (κ1) is 22.2. The number of carbonyl (C=O) groups excluding carboxylic acids is 2. The molecule has 2 fully saturated rings. The molecule has 1 aromatic carbocycles. The molecule has 1 aliphatic heterocycles. The zero-order valence-electron chi connectivity index (χ0n) is 19.6. The van der Waals surface area contributed by atoms with E-state index in [1.54, 1.807) is 27.0 Å². The van der Waals surface area contributed by atoms with E-state index in [2.05, 4.69) is 15.3 Å². The van der Waals surface area contributed by atoms with Crippen molar-refractivity contribution in [3.63, 3.8) is 0 Å². The van der Waals surface area contributed by atoms with Crippen LogP contribution in [0.2, 0.25) is 0 Å². The average molecular weight is 437 g/mol. The quantitative estimate of drug-likeness (QED) is 0.744. The van der Waals surface area contributed by atoms with Crippen molar-refractivity contribution in [1.82, 2.24) is 20.2 Å². The largest absolute Gasteiger partial charge is 0.478 e. The molecule has 2 aliphatic rings. The summed E-state index contributed by atoms with van der Waals surface area (Å²) in [6, 6.07) is 5.82. The van der Waals surface area contributed by atoms with Gasteiger partial charge in [0.2, 0.25) is 0 Å².